The smallest absolute Gasteiger partial charge is 0.179 e. The Bertz CT molecular complexity index is 857. The van der Waals surface area contributed by atoms with Gasteiger partial charge in [-0.3, -0.25) is 10.2 Å². The molecule has 1 saturated heterocycles. The van der Waals surface area contributed by atoms with Gasteiger partial charge in [0.1, 0.15) is 24.2 Å². The Balaban J connectivity index is 1.88. The summed E-state index contributed by atoms with van der Waals surface area (Å²) in [6.07, 6.45) is 6.09. The van der Waals surface area contributed by atoms with Crippen molar-refractivity contribution >= 4 is 23.6 Å². The van der Waals surface area contributed by atoms with Crippen LogP contribution in [0.4, 0.5) is 11.6 Å². The number of nitrogen functional groups attached to an aromatic ring is 1. The van der Waals surface area contributed by atoms with Gasteiger partial charge < -0.3 is 16.0 Å². The molecule has 0 spiro atoms. The summed E-state index contributed by atoms with van der Waals surface area (Å²) >= 11 is 0. The summed E-state index contributed by atoms with van der Waals surface area (Å²) < 4.78 is 0. The van der Waals surface area contributed by atoms with Crippen LogP contribution in [0.15, 0.2) is 30.6 Å². The Kier molecular flexibility index (Phi) is 5.08. The molecule has 0 aliphatic carbocycles. The number of carbonyl (C=O) groups is 1. The average Bonchev–Trinajstić information content (AvgIpc) is 2.68. The van der Waals surface area contributed by atoms with Gasteiger partial charge in [0.15, 0.2) is 6.19 Å². The quantitative estimate of drug-likeness (QED) is 0.425. The third-order valence-electron chi connectivity index (χ3n) is 4.37. The molecule has 26 heavy (non-hydrogen) atoms. The monoisotopic (exact) mass is 349 g/mol. The van der Waals surface area contributed by atoms with E-state index in [1.165, 1.54) is 6.33 Å². The lowest BCUT2D eigenvalue weighted by Gasteiger charge is -2.30. The molecule has 1 aliphatic rings. The van der Waals surface area contributed by atoms with Crippen molar-refractivity contribution in [3.8, 4) is 6.19 Å². The molecular formula is C18H19N7O. The van der Waals surface area contributed by atoms with Crippen LogP contribution < -0.4 is 11.1 Å². The van der Waals surface area contributed by atoms with E-state index in [2.05, 4.69) is 21.5 Å². The molecule has 132 valence electrons. The van der Waals surface area contributed by atoms with E-state index in [4.69, 9.17) is 16.4 Å². The van der Waals surface area contributed by atoms with Crippen molar-refractivity contribution in [2.75, 3.05) is 24.1 Å². The first-order chi connectivity index (χ1) is 12.6. The Morgan fingerprint density at radius 1 is 1.38 bits per heavy atom. The molecule has 4 N–H and O–H groups in total. The zero-order valence-electron chi connectivity index (χ0n) is 14.1. The van der Waals surface area contributed by atoms with Gasteiger partial charge in [0, 0.05) is 30.3 Å². The first-order valence-electron chi connectivity index (χ1n) is 8.28. The van der Waals surface area contributed by atoms with Gasteiger partial charge in [-0.15, -0.1) is 0 Å². The number of nitrogens with two attached hydrogens (primary N) is 1. The number of nitriles is 1. The molecular weight excluding hydrogens is 330 g/mol. The van der Waals surface area contributed by atoms with Crippen LogP contribution in [0.3, 0.4) is 0 Å². The van der Waals surface area contributed by atoms with E-state index < -0.39 is 0 Å². The molecule has 1 atom stereocenters. The van der Waals surface area contributed by atoms with Crippen molar-refractivity contribution in [1.29, 1.82) is 10.7 Å². The lowest BCUT2D eigenvalue weighted by Crippen LogP contribution is -2.40. The van der Waals surface area contributed by atoms with Crippen molar-refractivity contribution in [2.24, 2.45) is 0 Å². The van der Waals surface area contributed by atoms with Crippen LogP contribution in [-0.2, 0) is 0 Å². The molecule has 1 aliphatic heterocycles. The molecule has 1 fully saturated rings. The predicted octanol–water partition coefficient (Wildman–Crippen LogP) is 1.64. The number of nitrogens with one attached hydrogen (secondary N) is 2. The van der Waals surface area contributed by atoms with Crippen LogP contribution in [-0.4, -0.2) is 46.0 Å². The summed E-state index contributed by atoms with van der Waals surface area (Å²) in [6.45, 7) is 1.34. The number of piperidine rings is 1. The Hall–Kier alpha value is -3.47. The van der Waals surface area contributed by atoms with Gasteiger partial charge in [-0.05, 0) is 12.8 Å². The minimum Gasteiger partial charge on any atom is -0.383 e. The van der Waals surface area contributed by atoms with E-state index in [0.717, 1.165) is 25.7 Å². The minimum atomic E-state index is 0.0432. The molecule has 1 unspecified atom stereocenters. The van der Waals surface area contributed by atoms with Crippen LogP contribution in [0.1, 0.15) is 34.3 Å². The minimum absolute atomic E-state index is 0.0432. The molecule has 0 amide bonds. The second-order valence-corrected chi connectivity index (χ2v) is 6.13. The second-order valence-electron chi connectivity index (χ2n) is 6.13. The third-order valence-corrected chi connectivity index (χ3v) is 4.37. The van der Waals surface area contributed by atoms with E-state index >= 15 is 0 Å². The van der Waals surface area contributed by atoms with Crippen LogP contribution >= 0.6 is 0 Å². The summed E-state index contributed by atoms with van der Waals surface area (Å²) in [5.74, 6) is 0.687. The molecule has 2 heterocycles. The zero-order chi connectivity index (χ0) is 18.5. The molecule has 0 saturated carbocycles. The number of nitrogens with zero attached hydrogens (tertiary/aromatic N) is 4. The summed E-state index contributed by atoms with van der Waals surface area (Å²) in [7, 11) is 0. The Morgan fingerprint density at radius 3 is 2.85 bits per heavy atom. The highest BCUT2D eigenvalue weighted by Crippen LogP contribution is 2.24. The summed E-state index contributed by atoms with van der Waals surface area (Å²) in [5, 5.41) is 20.9. The molecule has 0 radical (unpaired) electrons. The number of benzene rings is 1. The number of aldehydes is 1. The second kappa shape index (κ2) is 7.61. The van der Waals surface area contributed by atoms with E-state index in [-0.39, 0.29) is 17.6 Å². The van der Waals surface area contributed by atoms with Crippen molar-refractivity contribution in [2.45, 2.75) is 18.9 Å². The van der Waals surface area contributed by atoms with Gasteiger partial charge >= 0.3 is 0 Å². The number of rotatable bonds is 5. The van der Waals surface area contributed by atoms with Gasteiger partial charge in [0.2, 0.25) is 0 Å². The fraction of sp³-hybridized carbons (Fsp3) is 0.278. The summed E-state index contributed by atoms with van der Waals surface area (Å²) in [5.41, 5.74) is 7.77. The standard InChI is InChI=1S/C18H19N7O/c19-10-25-7-1-2-14(8-25)24-18-15(17(21)22-11-23-18)16(20)13-5-3-12(9-26)4-6-13/h3-6,9,11,14,20H,1-2,7-8H2,(H3,21,22,23,24). The number of likely N-dealkylation sites (tertiary alicyclic amines) is 1. The third kappa shape index (κ3) is 3.62. The molecule has 8 nitrogen and oxygen atoms in total. The number of carbonyl (C=O) groups excluding carboxylic acids is 1. The van der Waals surface area contributed by atoms with E-state index in [0.29, 0.717) is 29.1 Å². The lowest BCUT2D eigenvalue weighted by atomic mass is 10.0. The van der Waals surface area contributed by atoms with Crippen LogP contribution in [0.25, 0.3) is 0 Å². The van der Waals surface area contributed by atoms with Crippen LogP contribution in [0.5, 0.6) is 0 Å². The molecule has 0 bridgehead atoms. The Morgan fingerprint density at radius 2 is 2.15 bits per heavy atom. The van der Waals surface area contributed by atoms with Crippen LogP contribution in [0.2, 0.25) is 0 Å². The molecule has 1 aromatic carbocycles. The molecule has 3 rings (SSSR count). The van der Waals surface area contributed by atoms with Crippen molar-refractivity contribution in [3.63, 3.8) is 0 Å². The number of hydrogen-bond donors (Lipinski definition) is 3. The first-order valence-corrected chi connectivity index (χ1v) is 8.28. The average molecular weight is 349 g/mol. The van der Waals surface area contributed by atoms with E-state index in [1.54, 1.807) is 29.2 Å². The van der Waals surface area contributed by atoms with Crippen molar-refractivity contribution in [3.05, 3.63) is 47.3 Å². The Labute approximate surface area is 151 Å². The van der Waals surface area contributed by atoms with Gasteiger partial charge in [-0.25, -0.2) is 9.97 Å². The highest BCUT2D eigenvalue weighted by Gasteiger charge is 2.22. The van der Waals surface area contributed by atoms with Gasteiger partial charge in [0.05, 0.1) is 11.3 Å². The number of hydrogen-bond acceptors (Lipinski definition) is 8. The van der Waals surface area contributed by atoms with Gasteiger partial charge in [-0.1, -0.05) is 24.3 Å². The van der Waals surface area contributed by atoms with Gasteiger partial charge in [0.25, 0.3) is 0 Å². The maximum absolute atomic E-state index is 10.8. The molecule has 8 heteroatoms. The normalized spacial score (nSPS) is 16.6. The molecule has 2 aromatic rings. The fourth-order valence-corrected chi connectivity index (χ4v) is 3.01. The fourth-order valence-electron chi connectivity index (χ4n) is 3.01. The zero-order valence-corrected chi connectivity index (χ0v) is 14.1. The van der Waals surface area contributed by atoms with Crippen molar-refractivity contribution < 1.29 is 4.79 Å². The van der Waals surface area contributed by atoms with Crippen LogP contribution in [0, 0.1) is 16.9 Å². The van der Waals surface area contributed by atoms with E-state index in [1.807, 2.05) is 0 Å². The molecule has 1 aromatic heterocycles. The maximum atomic E-state index is 10.8. The summed E-state index contributed by atoms with van der Waals surface area (Å²) in [4.78, 5) is 20.8. The topological polar surface area (TPSA) is 132 Å². The largest absolute Gasteiger partial charge is 0.383 e. The maximum Gasteiger partial charge on any atom is 0.179 e. The predicted molar refractivity (Wildman–Crippen MR) is 98.0 cm³/mol. The van der Waals surface area contributed by atoms with Gasteiger partial charge in [-0.2, -0.15) is 5.26 Å². The summed E-state index contributed by atoms with van der Waals surface area (Å²) in [6, 6.07) is 6.73. The number of aromatic nitrogens is 2. The number of anilines is 2. The SMILES string of the molecule is N#CN1CCCC(Nc2ncnc(N)c2C(=N)c2ccc(C=O)cc2)C1. The van der Waals surface area contributed by atoms with E-state index in [9.17, 15) is 4.79 Å². The highest BCUT2D eigenvalue weighted by atomic mass is 16.1. The lowest BCUT2D eigenvalue weighted by molar-refractivity contribution is 0.112. The van der Waals surface area contributed by atoms with Crippen molar-refractivity contribution in [1.82, 2.24) is 14.9 Å². The first kappa shape index (κ1) is 17.4. The highest BCUT2D eigenvalue weighted by molar-refractivity contribution is 6.16.